The molecule has 5 nitrogen and oxygen atoms in total. The van der Waals surface area contributed by atoms with Gasteiger partial charge in [-0.05, 0) is 36.0 Å². The van der Waals surface area contributed by atoms with Crippen LogP contribution in [0.15, 0.2) is 42.9 Å². The van der Waals surface area contributed by atoms with Crippen LogP contribution in [0.2, 0.25) is 0 Å². The van der Waals surface area contributed by atoms with Gasteiger partial charge in [-0.15, -0.1) is 0 Å². The number of H-pyrrole nitrogens is 1. The molecule has 126 valence electrons. The second kappa shape index (κ2) is 6.99. The highest BCUT2D eigenvalue weighted by Gasteiger charge is 2.17. The minimum absolute atomic E-state index is 0.320. The van der Waals surface area contributed by atoms with Gasteiger partial charge < -0.3 is 4.98 Å². The SMILES string of the molecule is CCC(C)(C)Cc1cnc(CCc2ccc(-n3nccn3)cc2)[nH]1. The third kappa shape index (κ3) is 4.10. The van der Waals surface area contributed by atoms with Gasteiger partial charge in [-0.25, -0.2) is 4.98 Å². The maximum atomic E-state index is 4.53. The number of nitrogens with zero attached hydrogens (tertiary/aromatic N) is 4. The molecule has 0 amide bonds. The number of imidazole rings is 1. The molecule has 3 aromatic rings. The van der Waals surface area contributed by atoms with Crippen molar-refractivity contribution < 1.29 is 0 Å². The number of rotatable bonds is 7. The lowest BCUT2D eigenvalue weighted by Gasteiger charge is -2.21. The van der Waals surface area contributed by atoms with Crippen LogP contribution in [0.3, 0.4) is 0 Å². The van der Waals surface area contributed by atoms with Crippen molar-refractivity contribution in [1.29, 1.82) is 0 Å². The van der Waals surface area contributed by atoms with Crippen molar-refractivity contribution in [1.82, 2.24) is 25.0 Å². The zero-order chi connectivity index (χ0) is 17.0. The van der Waals surface area contributed by atoms with Crippen LogP contribution >= 0.6 is 0 Å². The van der Waals surface area contributed by atoms with Crippen LogP contribution < -0.4 is 0 Å². The first-order valence-corrected chi connectivity index (χ1v) is 8.54. The van der Waals surface area contributed by atoms with Gasteiger partial charge in [0.05, 0.1) is 18.1 Å². The Morgan fingerprint density at radius 2 is 1.75 bits per heavy atom. The molecule has 0 unspecified atom stereocenters. The minimum Gasteiger partial charge on any atom is -0.346 e. The van der Waals surface area contributed by atoms with Crippen LogP contribution in [0.4, 0.5) is 0 Å². The zero-order valence-corrected chi connectivity index (χ0v) is 14.7. The summed E-state index contributed by atoms with van der Waals surface area (Å²) >= 11 is 0. The fraction of sp³-hybridized carbons (Fsp3) is 0.421. The molecule has 0 radical (unpaired) electrons. The van der Waals surface area contributed by atoms with E-state index in [0.717, 1.165) is 30.8 Å². The van der Waals surface area contributed by atoms with Gasteiger partial charge in [0.1, 0.15) is 5.82 Å². The van der Waals surface area contributed by atoms with E-state index in [-0.39, 0.29) is 0 Å². The Bertz CT molecular complexity index is 753. The molecule has 0 atom stereocenters. The quantitative estimate of drug-likeness (QED) is 0.720. The highest BCUT2D eigenvalue weighted by molar-refractivity contribution is 5.32. The maximum Gasteiger partial charge on any atom is 0.106 e. The fourth-order valence-electron chi connectivity index (χ4n) is 2.67. The lowest BCUT2D eigenvalue weighted by molar-refractivity contribution is 0.346. The van der Waals surface area contributed by atoms with Gasteiger partial charge in [-0.3, -0.25) is 0 Å². The van der Waals surface area contributed by atoms with E-state index in [1.165, 1.54) is 17.7 Å². The monoisotopic (exact) mass is 323 g/mol. The Labute approximate surface area is 143 Å². The number of nitrogens with one attached hydrogen (secondary N) is 1. The van der Waals surface area contributed by atoms with Crippen LogP contribution in [0.5, 0.6) is 0 Å². The van der Waals surface area contributed by atoms with Crippen molar-refractivity contribution in [2.24, 2.45) is 5.41 Å². The average Bonchev–Trinajstić information content (AvgIpc) is 3.25. The van der Waals surface area contributed by atoms with E-state index >= 15 is 0 Å². The topological polar surface area (TPSA) is 59.4 Å². The lowest BCUT2D eigenvalue weighted by atomic mass is 9.85. The van der Waals surface area contributed by atoms with Crippen molar-refractivity contribution in [2.45, 2.75) is 46.5 Å². The molecule has 0 spiro atoms. The third-order valence-corrected chi connectivity index (χ3v) is 4.54. The molecule has 0 bridgehead atoms. The summed E-state index contributed by atoms with van der Waals surface area (Å²) in [5.74, 6) is 1.06. The molecule has 0 fully saturated rings. The average molecular weight is 323 g/mol. The Morgan fingerprint density at radius 1 is 1.04 bits per heavy atom. The van der Waals surface area contributed by atoms with Crippen LogP contribution in [0.25, 0.3) is 5.69 Å². The largest absolute Gasteiger partial charge is 0.346 e. The summed E-state index contributed by atoms with van der Waals surface area (Å²) < 4.78 is 0. The number of hydrogen-bond acceptors (Lipinski definition) is 3. The third-order valence-electron chi connectivity index (χ3n) is 4.54. The van der Waals surface area contributed by atoms with Crippen LogP contribution in [-0.4, -0.2) is 25.0 Å². The van der Waals surface area contributed by atoms with E-state index in [0.29, 0.717) is 5.41 Å². The first-order valence-electron chi connectivity index (χ1n) is 8.54. The predicted molar refractivity (Wildman–Crippen MR) is 95.1 cm³/mol. The summed E-state index contributed by atoms with van der Waals surface area (Å²) in [7, 11) is 0. The minimum atomic E-state index is 0.320. The van der Waals surface area contributed by atoms with Gasteiger partial charge in [0.15, 0.2) is 0 Å². The van der Waals surface area contributed by atoms with E-state index in [2.05, 4.69) is 53.1 Å². The van der Waals surface area contributed by atoms with Gasteiger partial charge in [0.25, 0.3) is 0 Å². The van der Waals surface area contributed by atoms with Gasteiger partial charge in [0.2, 0.25) is 0 Å². The van der Waals surface area contributed by atoms with Gasteiger partial charge in [-0.2, -0.15) is 15.0 Å². The Kier molecular flexibility index (Phi) is 4.79. The normalized spacial score (nSPS) is 11.8. The lowest BCUT2D eigenvalue weighted by Crippen LogP contribution is -2.13. The number of benzene rings is 1. The molecular weight excluding hydrogens is 298 g/mol. The number of aromatic amines is 1. The van der Waals surface area contributed by atoms with Gasteiger partial charge in [0, 0.05) is 18.3 Å². The first kappa shape index (κ1) is 16.4. The second-order valence-corrected chi connectivity index (χ2v) is 7.03. The molecule has 3 rings (SSSR count). The van der Waals surface area contributed by atoms with E-state index in [1.807, 2.05) is 18.3 Å². The second-order valence-electron chi connectivity index (χ2n) is 7.03. The summed E-state index contributed by atoms with van der Waals surface area (Å²) in [5, 5.41) is 8.28. The zero-order valence-electron chi connectivity index (χ0n) is 14.7. The Balaban J connectivity index is 1.57. The van der Waals surface area contributed by atoms with Crippen molar-refractivity contribution in [3.8, 4) is 5.69 Å². The van der Waals surface area contributed by atoms with E-state index in [4.69, 9.17) is 0 Å². The van der Waals surface area contributed by atoms with Gasteiger partial charge in [-0.1, -0.05) is 39.3 Å². The summed E-state index contributed by atoms with van der Waals surface area (Å²) in [6.45, 7) is 6.83. The van der Waals surface area contributed by atoms with Crippen molar-refractivity contribution in [3.63, 3.8) is 0 Å². The number of aryl methyl sites for hydroxylation is 2. The summed E-state index contributed by atoms with van der Waals surface area (Å²) in [5.41, 5.74) is 3.82. The maximum absolute atomic E-state index is 4.53. The van der Waals surface area contributed by atoms with Crippen LogP contribution in [-0.2, 0) is 19.3 Å². The van der Waals surface area contributed by atoms with Gasteiger partial charge >= 0.3 is 0 Å². The molecule has 5 heteroatoms. The molecular formula is C19H25N5. The number of hydrogen-bond donors (Lipinski definition) is 1. The standard InChI is InChI=1S/C19H25N5/c1-4-19(2,3)13-16-14-20-18(23-16)10-7-15-5-8-17(9-6-15)24-21-11-12-22-24/h5-6,8-9,11-12,14H,4,7,10,13H2,1-3H3,(H,20,23). The molecule has 24 heavy (non-hydrogen) atoms. The Hall–Kier alpha value is -2.43. The number of aromatic nitrogens is 5. The van der Waals surface area contributed by atoms with Crippen molar-refractivity contribution >= 4 is 0 Å². The van der Waals surface area contributed by atoms with Crippen molar-refractivity contribution in [3.05, 3.63) is 59.9 Å². The predicted octanol–water partition coefficient (Wildman–Crippen LogP) is 3.75. The molecule has 0 saturated heterocycles. The molecule has 0 aliphatic carbocycles. The summed E-state index contributed by atoms with van der Waals surface area (Å²) in [6, 6.07) is 8.35. The highest BCUT2D eigenvalue weighted by Crippen LogP contribution is 2.24. The molecule has 2 aromatic heterocycles. The van der Waals surface area contributed by atoms with Crippen molar-refractivity contribution in [2.75, 3.05) is 0 Å². The highest BCUT2D eigenvalue weighted by atomic mass is 15.5. The summed E-state index contributed by atoms with van der Waals surface area (Å²) in [4.78, 5) is 9.62. The molecule has 2 heterocycles. The molecule has 1 N–H and O–H groups in total. The van der Waals surface area contributed by atoms with Crippen LogP contribution in [0.1, 0.15) is 44.3 Å². The fourth-order valence-corrected chi connectivity index (χ4v) is 2.67. The van der Waals surface area contributed by atoms with E-state index in [1.54, 1.807) is 17.2 Å². The molecule has 0 aliphatic heterocycles. The smallest absolute Gasteiger partial charge is 0.106 e. The Morgan fingerprint density at radius 3 is 2.42 bits per heavy atom. The molecule has 0 aliphatic rings. The molecule has 1 aromatic carbocycles. The summed E-state index contributed by atoms with van der Waals surface area (Å²) in [6.07, 6.45) is 9.45. The van der Waals surface area contributed by atoms with E-state index < -0.39 is 0 Å². The van der Waals surface area contributed by atoms with Crippen LogP contribution in [0, 0.1) is 5.41 Å². The molecule has 0 saturated carbocycles. The van der Waals surface area contributed by atoms with E-state index in [9.17, 15) is 0 Å². The first-order chi connectivity index (χ1) is 11.6.